The summed E-state index contributed by atoms with van der Waals surface area (Å²) >= 11 is 0. The number of hydrogen-bond donors (Lipinski definition) is 0. The molecule has 2 atom stereocenters. The molecule has 12 heavy (non-hydrogen) atoms. The summed E-state index contributed by atoms with van der Waals surface area (Å²) in [6.07, 6.45) is 10.4. The lowest BCUT2D eigenvalue weighted by Crippen LogP contribution is -2.31. The van der Waals surface area contributed by atoms with Crippen molar-refractivity contribution in [3.63, 3.8) is 0 Å². The third-order valence-electron chi connectivity index (χ3n) is 3.35. The van der Waals surface area contributed by atoms with Gasteiger partial charge >= 0.3 is 0 Å². The van der Waals surface area contributed by atoms with Crippen molar-refractivity contribution in [3.05, 3.63) is 0 Å². The van der Waals surface area contributed by atoms with E-state index in [0.29, 0.717) is 5.41 Å². The summed E-state index contributed by atoms with van der Waals surface area (Å²) < 4.78 is 0. The first-order valence-electron chi connectivity index (χ1n) is 4.99. The summed E-state index contributed by atoms with van der Waals surface area (Å²) in [5.74, 6) is 4.47. The lowest BCUT2D eigenvalue weighted by Gasteiger charge is -2.40. The van der Waals surface area contributed by atoms with Crippen molar-refractivity contribution in [2.45, 2.75) is 46.5 Å². The Morgan fingerprint density at radius 2 is 2.08 bits per heavy atom. The first kappa shape index (κ1) is 9.65. The van der Waals surface area contributed by atoms with Crippen LogP contribution in [-0.2, 0) is 0 Å². The zero-order valence-electron chi connectivity index (χ0n) is 8.56. The normalized spacial score (nSPS) is 34.2. The lowest BCUT2D eigenvalue weighted by atomic mass is 9.64. The second-order valence-electron chi connectivity index (χ2n) is 4.98. The van der Waals surface area contributed by atoms with Crippen LogP contribution in [0.4, 0.5) is 0 Å². The van der Waals surface area contributed by atoms with Gasteiger partial charge in [-0.1, -0.05) is 27.2 Å². The van der Waals surface area contributed by atoms with Crippen molar-refractivity contribution in [2.75, 3.05) is 0 Å². The average Bonchev–Trinajstić information content (AvgIpc) is 1.94. The Kier molecular flexibility index (Phi) is 2.83. The molecule has 0 aromatic heterocycles. The van der Waals surface area contributed by atoms with E-state index in [1.807, 2.05) is 0 Å². The Labute approximate surface area is 76.7 Å². The van der Waals surface area contributed by atoms with Gasteiger partial charge in [-0.05, 0) is 30.1 Å². The zero-order valence-corrected chi connectivity index (χ0v) is 8.56. The molecule has 0 heterocycles. The van der Waals surface area contributed by atoms with Crippen molar-refractivity contribution in [3.8, 4) is 12.3 Å². The third kappa shape index (κ3) is 2.03. The minimum absolute atomic E-state index is 0.476. The van der Waals surface area contributed by atoms with Gasteiger partial charge in [-0.15, -0.1) is 12.3 Å². The van der Waals surface area contributed by atoms with E-state index in [2.05, 4.69) is 26.7 Å². The van der Waals surface area contributed by atoms with Gasteiger partial charge in [0.05, 0.1) is 0 Å². The van der Waals surface area contributed by atoms with E-state index in [-0.39, 0.29) is 0 Å². The Morgan fingerprint density at radius 1 is 1.42 bits per heavy atom. The molecule has 1 aliphatic rings. The molecule has 0 saturated heterocycles. The molecule has 1 saturated carbocycles. The van der Waals surface area contributed by atoms with Crippen LogP contribution in [0.15, 0.2) is 0 Å². The maximum absolute atomic E-state index is 5.37. The van der Waals surface area contributed by atoms with Gasteiger partial charge in [0.25, 0.3) is 0 Å². The minimum Gasteiger partial charge on any atom is -0.120 e. The lowest BCUT2D eigenvalue weighted by molar-refractivity contribution is 0.105. The van der Waals surface area contributed by atoms with Gasteiger partial charge in [-0.25, -0.2) is 0 Å². The van der Waals surface area contributed by atoms with E-state index < -0.39 is 0 Å². The largest absolute Gasteiger partial charge is 0.120 e. The second-order valence-corrected chi connectivity index (χ2v) is 4.98. The Bertz CT molecular complexity index is 183. The molecule has 1 rings (SSSR count). The van der Waals surface area contributed by atoms with Crippen molar-refractivity contribution < 1.29 is 0 Å². The van der Waals surface area contributed by atoms with Crippen LogP contribution in [0.2, 0.25) is 0 Å². The first-order valence-corrected chi connectivity index (χ1v) is 4.99. The van der Waals surface area contributed by atoms with Crippen LogP contribution in [0, 0.1) is 29.6 Å². The summed E-state index contributed by atoms with van der Waals surface area (Å²) in [5, 5.41) is 0. The molecule has 0 radical (unpaired) electrons. The predicted molar refractivity (Wildman–Crippen MR) is 53.7 cm³/mol. The molecule has 1 fully saturated rings. The summed E-state index contributed by atoms with van der Waals surface area (Å²) in [7, 11) is 0. The van der Waals surface area contributed by atoms with Crippen LogP contribution in [0.5, 0.6) is 0 Å². The molecule has 0 aromatic carbocycles. The van der Waals surface area contributed by atoms with Gasteiger partial charge in [0.1, 0.15) is 0 Å². The van der Waals surface area contributed by atoms with Crippen LogP contribution in [0.1, 0.15) is 46.5 Å². The van der Waals surface area contributed by atoms with Crippen molar-refractivity contribution >= 4 is 0 Å². The maximum atomic E-state index is 5.37. The van der Waals surface area contributed by atoms with Gasteiger partial charge in [-0.3, -0.25) is 0 Å². The molecule has 1 aliphatic carbocycles. The molecule has 0 N–H and O–H groups in total. The van der Waals surface area contributed by atoms with Crippen LogP contribution >= 0.6 is 0 Å². The Balaban J connectivity index is 2.59. The molecule has 0 spiro atoms. The highest BCUT2D eigenvalue weighted by Gasteiger charge is 2.34. The molecule has 0 nitrogen and oxygen atoms in total. The summed E-state index contributed by atoms with van der Waals surface area (Å²) in [4.78, 5) is 0. The van der Waals surface area contributed by atoms with Gasteiger partial charge < -0.3 is 0 Å². The standard InChI is InChI=1S/C12H20/c1-5-6-11-8-7-10(2)9-12(11,3)4/h1,10-11H,6-9H2,2-4H3. The fraction of sp³-hybridized carbons (Fsp3) is 0.833. The molecule has 68 valence electrons. The highest BCUT2D eigenvalue weighted by atomic mass is 14.4. The molecule has 0 amide bonds. The molecule has 0 aliphatic heterocycles. The van der Waals surface area contributed by atoms with Crippen molar-refractivity contribution in [2.24, 2.45) is 17.3 Å². The Morgan fingerprint density at radius 3 is 2.58 bits per heavy atom. The second kappa shape index (κ2) is 3.52. The van der Waals surface area contributed by atoms with Gasteiger partial charge in [0.15, 0.2) is 0 Å². The van der Waals surface area contributed by atoms with Gasteiger partial charge in [-0.2, -0.15) is 0 Å². The molecular weight excluding hydrogens is 144 g/mol. The predicted octanol–water partition coefficient (Wildman–Crippen LogP) is 3.47. The van der Waals surface area contributed by atoms with Crippen LogP contribution in [0.25, 0.3) is 0 Å². The van der Waals surface area contributed by atoms with E-state index in [1.54, 1.807) is 0 Å². The van der Waals surface area contributed by atoms with E-state index >= 15 is 0 Å². The fourth-order valence-corrected chi connectivity index (χ4v) is 2.56. The topological polar surface area (TPSA) is 0 Å². The molecule has 2 unspecified atom stereocenters. The van der Waals surface area contributed by atoms with Crippen LogP contribution < -0.4 is 0 Å². The molecule has 0 heteroatoms. The van der Waals surface area contributed by atoms with E-state index in [9.17, 15) is 0 Å². The molecule has 0 aromatic rings. The zero-order chi connectivity index (χ0) is 9.19. The summed E-state index contributed by atoms with van der Waals surface area (Å²) in [6.45, 7) is 7.09. The molecule has 0 bridgehead atoms. The SMILES string of the molecule is C#CCC1CCC(C)CC1(C)C. The van der Waals surface area contributed by atoms with E-state index in [0.717, 1.165) is 18.3 Å². The van der Waals surface area contributed by atoms with Crippen LogP contribution in [0.3, 0.4) is 0 Å². The first-order chi connectivity index (χ1) is 5.56. The summed E-state index contributed by atoms with van der Waals surface area (Å²) in [6, 6.07) is 0. The summed E-state index contributed by atoms with van der Waals surface area (Å²) in [5.41, 5.74) is 0.476. The number of rotatable bonds is 1. The average molecular weight is 164 g/mol. The van der Waals surface area contributed by atoms with Crippen LogP contribution in [-0.4, -0.2) is 0 Å². The highest BCUT2D eigenvalue weighted by molar-refractivity contribution is 4.94. The highest BCUT2D eigenvalue weighted by Crippen LogP contribution is 2.44. The number of hydrogen-bond acceptors (Lipinski definition) is 0. The number of terminal acetylenes is 1. The Hall–Kier alpha value is -0.440. The van der Waals surface area contributed by atoms with Gasteiger partial charge in [0, 0.05) is 6.42 Å². The fourth-order valence-electron chi connectivity index (χ4n) is 2.56. The minimum atomic E-state index is 0.476. The van der Waals surface area contributed by atoms with Crippen molar-refractivity contribution in [1.29, 1.82) is 0 Å². The van der Waals surface area contributed by atoms with E-state index in [4.69, 9.17) is 6.42 Å². The van der Waals surface area contributed by atoms with Gasteiger partial charge in [0.2, 0.25) is 0 Å². The monoisotopic (exact) mass is 164 g/mol. The van der Waals surface area contributed by atoms with E-state index in [1.165, 1.54) is 19.3 Å². The third-order valence-corrected chi connectivity index (χ3v) is 3.35. The van der Waals surface area contributed by atoms with Crippen molar-refractivity contribution in [1.82, 2.24) is 0 Å². The quantitative estimate of drug-likeness (QED) is 0.520. The molecular formula is C12H20. The maximum Gasteiger partial charge on any atom is 0.0119 e. The smallest absolute Gasteiger partial charge is 0.0119 e.